The van der Waals surface area contributed by atoms with Gasteiger partial charge >= 0.3 is 0 Å². The summed E-state index contributed by atoms with van der Waals surface area (Å²) in [5, 5.41) is 1.05. The number of carbonyl (C=O) groups is 1. The smallest absolute Gasteiger partial charge is 0.255 e. The number of hydrogen-bond acceptors (Lipinski definition) is 6. The lowest BCUT2D eigenvalue weighted by molar-refractivity contribution is 0.0739. The third kappa shape index (κ3) is 3.64. The Morgan fingerprint density at radius 1 is 1.19 bits per heavy atom. The van der Waals surface area contributed by atoms with Crippen LogP contribution in [0.5, 0.6) is 5.88 Å². The van der Waals surface area contributed by atoms with Crippen molar-refractivity contribution >= 4 is 28.1 Å². The molecule has 5 heterocycles. The monoisotopic (exact) mass is 487 g/mol. The Kier molecular flexibility index (Phi) is 5.48. The van der Waals surface area contributed by atoms with Crippen LogP contribution in [0.1, 0.15) is 43.5 Å². The molecule has 2 N–H and O–H groups in total. The van der Waals surface area contributed by atoms with Crippen LogP contribution in [0.4, 0.5) is 0 Å². The molecule has 36 heavy (non-hydrogen) atoms. The quantitative estimate of drug-likeness (QED) is 0.446. The number of nitrogens with zero attached hydrogens (tertiary/aromatic N) is 6. The number of aryl methyl sites for hydroxylation is 1. The van der Waals surface area contributed by atoms with Crippen LogP contribution < -0.4 is 10.5 Å². The normalized spacial score (nSPS) is 22.1. The molecule has 4 aromatic heterocycles. The van der Waals surface area contributed by atoms with Gasteiger partial charge in [-0.1, -0.05) is 13.3 Å². The Bertz CT molecular complexity index is 1470. The number of hydrogen-bond donors (Lipinski definition) is 1. The number of fused-ring (bicyclic) bond motifs is 2. The number of pyridine rings is 2. The molecule has 9 nitrogen and oxygen atoms in total. The van der Waals surface area contributed by atoms with Crippen LogP contribution in [-0.4, -0.2) is 60.6 Å². The summed E-state index contributed by atoms with van der Waals surface area (Å²) in [6, 6.07) is 7.92. The number of aromatic nitrogens is 5. The van der Waals surface area contributed by atoms with Gasteiger partial charge in [0.05, 0.1) is 18.4 Å². The third-order valence-corrected chi connectivity index (χ3v) is 8.06. The van der Waals surface area contributed by atoms with E-state index < -0.39 is 0 Å². The number of imidazole rings is 1. The zero-order valence-corrected chi connectivity index (χ0v) is 21.3. The molecule has 1 aliphatic heterocycles. The van der Waals surface area contributed by atoms with E-state index in [1.165, 1.54) is 12.8 Å². The van der Waals surface area contributed by atoms with E-state index in [4.69, 9.17) is 20.4 Å². The Morgan fingerprint density at radius 3 is 2.69 bits per heavy atom. The lowest BCUT2D eigenvalue weighted by Gasteiger charge is -2.23. The Morgan fingerprint density at radius 2 is 2.00 bits per heavy atom. The fourth-order valence-electron chi connectivity index (χ4n) is 5.55. The van der Waals surface area contributed by atoms with Crippen LogP contribution in [0.3, 0.4) is 0 Å². The number of carbonyl (C=O) groups excluding carboxylic acids is 1. The predicted octanol–water partition coefficient (Wildman–Crippen LogP) is 3.60. The van der Waals surface area contributed by atoms with Crippen molar-refractivity contribution < 1.29 is 9.53 Å². The maximum Gasteiger partial charge on any atom is 0.255 e. The molecule has 0 radical (unpaired) electrons. The van der Waals surface area contributed by atoms with Gasteiger partial charge in [0.2, 0.25) is 5.88 Å². The Labute approximate surface area is 210 Å². The van der Waals surface area contributed by atoms with Gasteiger partial charge in [-0.2, -0.15) is 4.98 Å². The number of amides is 1. The van der Waals surface area contributed by atoms with Crippen LogP contribution >= 0.6 is 0 Å². The van der Waals surface area contributed by atoms with Crippen molar-refractivity contribution in [3.05, 3.63) is 36.0 Å². The first-order chi connectivity index (χ1) is 17.4. The molecule has 1 saturated heterocycles. The van der Waals surface area contributed by atoms with E-state index >= 15 is 0 Å². The highest BCUT2D eigenvalue weighted by molar-refractivity contribution is 5.97. The maximum atomic E-state index is 13.4. The zero-order chi connectivity index (χ0) is 25.1. The second-order valence-electron chi connectivity index (χ2n) is 10.4. The van der Waals surface area contributed by atoms with Crippen LogP contribution in [-0.2, 0) is 13.6 Å². The van der Waals surface area contributed by atoms with Gasteiger partial charge in [-0.3, -0.25) is 4.79 Å². The summed E-state index contributed by atoms with van der Waals surface area (Å²) in [6.45, 7) is 5.74. The minimum Gasteiger partial charge on any atom is -0.481 e. The lowest BCUT2D eigenvalue weighted by Crippen LogP contribution is -2.41. The molecule has 0 aromatic carbocycles. The van der Waals surface area contributed by atoms with Gasteiger partial charge in [0.25, 0.3) is 5.91 Å². The molecule has 4 aromatic rings. The van der Waals surface area contributed by atoms with Crippen LogP contribution in [0.15, 0.2) is 30.5 Å². The van der Waals surface area contributed by atoms with Gasteiger partial charge < -0.3 is 24.5 Å². The van der Waals surface area contributed by atoms with Gasteiger partial charge in [-0.15, -0.1) is 0 Å². The number of ether oxygens (including phenoxy) is 1. The van der Waals surface area contributed by atoms with Crippen molar-refractivity contribution in [3.63, 3.8) is 0 Å². The first kappa shape index (κ1) is 23.0. The van der Waals surface area contributed by atoms with E-state index in [1.807, 2.05) is 41.6 Å². The molecule has 2 fully saturated rings. The SMILES string of the molecule is CC[C@@H]1CN(C(=O)c2cnc3c(c2)nc(-c2cc4ccc(OC)nc4n2CC2CC2)n3C)[C@H](C)[C@@H]1N. The van der Waals surface area contributed by atoms with E-state index in [2.05, 4.69) is 22.5 Å². The van der Waals surface area contributed by atoms with Gasteiger partial charge in [0, 0.05) is 49.9 Å². The summed E-state index contributed by atoms with van der Waals surface area (Å²) in [5.74, 6) is 2.35. The van der Waals surface area contributed by atoms with E-state index in [9.17, 15) is 4.79 Å². The summed E-state index contributed by atoms with van der Waals surface area (Å²) in [4.78, 5) is 29.7. The summed E-state index contributed by atoms with van der Waals surface area (Å²) in [6.07, 6.45) is 5.10. The first-order valence-electron chi connectivity index (χ1n) is 12.8. The summed E-state index contributed by atoms with van der Waals surface area (Å²) < 4.78 is 9.64. The molecule has 188 valence electrons. The molecular formula is C27H33N7O2. The van der Waals surface area contributed by atoms with Crippen LogP contribution in [0.25, 0.3) is 33.7 Å². The third-order valence-electron chi connectivity index (χ3n) is 8.06. The minimum absolute atomic E-state index is 0.0000579. The molecule has 0 spiro atoms. The average molecular weight is 488 g/mol. The molecule has 0 bridgehead atoms. The van der Waals surface area contributed by atoms with Crippen molar-refractivity contribution in [1.29, 1.82) is 0 Å². The van der Waals surface area contributed by atoms with E-state index in [0.29, 0.717) is 35.3 Å². The Hall–Kier alpha value is -3.46. The second-order valence-corrected chi connectivity index (χ2v) is 10.4. The van der Waals surface area contributed by atoms with Gasteiger partial charge in [-0.25, -0.2) is 9.97 Å². The van der Waals surface area contributed by atoms with Gasteiger partial charge in [-0.05, 0) is 49.8 Å². The van der Waals surface area contributed by atoms with Crippen molar-refractivity contribution in [3.8, 4) is 17.4 Å². The number of likely N-dealkylation sites (tertiary alicyclic amines) is 1. The Balaban J connectivity index is 1.41. The van der Waals surface area contributed by atoms with Gasteiger partial charge in [0.15, 0.2) is 11.5 Å². The fourth-order valence-corrected chi connectivity index (χ4v) is 5.55. The van der Waals surface area contributed by atoms with Crippen molar-refractivity contribution in [2.45, 2.75) is 51.7 Å². The molecule has 1 aliphatic carbocycles. The molecule has 0 unspecified atom stereocenters. The molecule has 9 heteroatoms. The first-order valence-corrected chi connectivity index (χ1v) is 12.8. The minimum atomic E-state index is -0.0327. The van der Waals surface area contributed by atoms with Crippen molar-refractivity contribution in [2.75, 3.05) is 13.7 Å². The molecule has 1 amide bonds. The molecule has 6 rings (SSSR count). The number of methoxy groups -OCH3 is 1. The summed E-state index contributed by atoms with van der Waals surface area (Å²) >= 11 is 0. The average Bonchev–Trinajstić information content (AvgIpc) is 3.48. The largest absolute Gasteiger partial charge is 0.481 e. The molecule has 2 aliphatic rings. The second kappa shape index (κ2) is 8.58. The van der Waals surface area contributed by atoms with Crippen LogP contribution in [0, 0.1) is 11.8 Å². The number of rotatable bonds is 6. The van der Waals surface area contributed by atoms with E-state index in [1.54, 1.807) is 13.3 Å². The van der Waals surface area contributed by atoms with E-state index in [-0.39, 0.29) is 18.0 Å². The highest BCUT2D eigenvalue weighted by Gasteiger charge is 2.38. The highest BCUT2D eigenvalue weighted by Crippen LogP contribution is 2.36. The lowest BCUT2D eigenvalue weighted by atomic mass is 9.98. The molecular weight excluding hydrogens is 454 g/mol. The maximum absolute atomic E-state index is 13.4. The predicted molar refractivity (Wildman–Crippen MR) is 139 cm³/mol. The highest BCUT2D eigenvalue weighted by atomic mass is 16.5. The fraction of sp³-hybridized carbons (Fsp3) is 0.481. The zero-order valence-electron chi connectivity index (χ0n) is 21.3. The summed E-state index contributed by atoms with van der Waals surface area (Å²) in [5.41, 5.74) is 10.3. The molecule has 1 saturated carbocycles. The van der Waals surface area contributed by atoms with Crippen LogP contribution in [0.2, 0.25) is 0 Å². The van der Waals surface area contributed by atoms with Crippen molar-refractivity contribution in [2.24, 2.45) is 24.6 Å². The van der Waals surface area contributed by atoms with Crippen molar-refractivity contribution in [1.82, 2.24) is 29.0 Å². The standard InChI is InChI=1S/C27H33N7O2/c1-5-17-14-33(15(2)23(17)28)27(35)19-10-20-25(29-12-19)32(3)26(30-20)21-11-18-8-9-22(36-4)31-24(18)34(21)13-16-6-7-16/h8-12,15-17,23H,5-7,13-14,28H2,1-4H3/t15-,17-,23+/m1/s1. The summed E-state index contributed by atoms with van der Waals surface area (Å²) in [7, 11) is 3.61. The van der Waals surface area contributed by atoms with Gasteiger partial charge in [0.1, 0.15) is 11.2 Å². The topological polar surface area (TPSA) is 104 Å². The molecule has 3 atom stereocenters. The van der Waals surface area contributed by atoms with E-state index in [0.717, 1.165) is 41.2 Å². The number of nitrogens with two attached hydrogens (primary N) is 1.